The normalized spacial score (nSPS) is 21.2. The Kier molecular flexibility index (Phi) is 5.56. The first kappa shape index (κ1) is 19.3. The Morgan fingerprint density at radius 2 is 1.50 bits per heavy atom. The second-order valence-electron chi connectivity index (χ2n) is 8.59. The van der Waals surface area contributed by atoms with Crippen molar-refractivity contribution >= 4 is 0 Å². The van der Waals surface area contributed by atoms with Gasteiger partial charge in [0.15, 0.2) is 0 Å². The molecule has 5 rings (SSSR count). The van der Waals surface area contributed by atoms with Crippen LogP contribution in [0.4, 0.5) is 0 Å². The maximum atomic E-state index is 5.90. The SMILES string of the molecule is CN1CCC(N2CCC(n3ccc(-c4ccc(Oc5ccccc5)cc4)n3)C2)CC1. The van der Waals surface area contributed by atoms with E-state index >= 15 is 0 Å². The molecule has 2 saturated heterocycles. The van der Waals surface area contributed by atoms with Crippen LogP contribution in [0.3, 0.4) is 0 Å². The Bertz CT molecular complexity index is 945. The lowest BCUT2D eigenvalue weighted by Crippen LogP contribution is -2.42. The van der Waals surface area contributed by atoms with Crippen LogP contribution >= 0.6 is 0 Å². The van der Waals surface area contributed by atoms with Crippen LogP contribution in [0.5, 0.6) is 11.5 Å². The second kappa shape index (κ2) is 8.62. The molecule has 0 aliphatic carbocycles. The molecule has 2 aliphatic heterocycles. The van der Waals surface area contributed by atoms with Gasteiger partial charge >= 0.3 is 0 Å². The summed E-state index contributed by atoms with van der Waals surface area (Å²) in [6.45, 7) is 4.77. The molecule has 0 N–H and O–H groups in total. The largest absolute Gasteiger partial charge is 0.457 e. The van der Waals surface area contributed by atoms with Gasteiger partial charge in [-0.05, 0) is 81.9 Å². The monoisotopic (exact) mass is 402 g/mol. The van der Waals surface area contributed by atoms with Gasteiger partial charge < -0.3 is 9.64 Å². The van der Waals surface area contributed by atoms with Crippen molar-refractivity contribution in [2.45, 2.75) is 31.3 Å². The maximum absolute atomic E-state index is 5.90. The van der Waals surface area contributed by atoms with E-state index in [2.05, 4.69) is 45.9 Å². The summed E-state index contributed by atoms with van der Waals surface area (Å²) in [6.07, 6.45) is 5.93. The van der Waals surface area contributed by atoms with Gasteiger partial charge in [0.05, 0.1) is 11.7 Å². The molecule has 2 aromatic carbocycles. The molecular weight excluding hydrogens is 372 g/mol. The highest BCUT2D eigenvalue weighted by Crippen LogP contribution is 2.29. The van der Waals surface area contributed by atoms with Crippen LogP contribution in [-0.4, -0.2) is 58.8 Å². The molecule has 2 aliphatic rings. The lowest BCUT2D eigenvalue weighted by atomic mass is 10.0. The minimum absolute atomic E-state index is 0.485. The van der Waals surface area contributed by atoms with Crippen molar-refractivity contribution in [3.05, 3.63) is 66.9 Å². The Morgan fingerprint density at radius 1 is 0.800 bits per heavy atom. The van der Waals surface area contributed by atoms with Crippen molar-refractivity contribution in [3.63, 3.8) is 0 Å². The van der Waals surface area contributed by atoms with E-state index in [1.165, 1.54) is 38.9 Å². The summed E-state index contributed by atoms with van der Waals surface area (Å²) in [7, 11) is 2.23. The number of para-hydroxylation sites is 1. The number of hydrogen-bond acceptors (Lipinski definition) is 4. The smallest absolute Gasteiger partial charge is 0.127 e. The highest BCUT2D eigenvalue weighted by molar-refractivity contribution is 5.59. The van der Waals surface area contributed by atoms with Crippen molar-refractivity contribution in [2.75, 3.05) is 33.2 Å². The van der Waals surface area contributed by atoms with Gasteiger partial charge in [-0.15, -0.1) is 0 Å². The molecule has 1 unspecified atom stereocenters. The summed E-state index contributed by atoms with van der Waals surface area (Å²) in [4.78, 5) is 5.13. The molecule has 0 saturated carbocycles. The third kappa shape index (κ3) is 4.27. The van der Waals surface area contributed by atoms with E-state index in [0.717, 1.165) is 35.3 Å². The zero-order valence-electron chi connectivity index (χ0n) is 17.7. The van der Waals surface area contributed by atoms with E-state index < -0.39 is 0 Å². The fraction of sp³-hybridized carbons (Fsp3) is 0.400. The lowest BCUT2D eigenvalue weighted by Gasteiger charge is -2.35. The maximum Gasteiger partial charge on any atom is 0.127 e. The highest BCUT2D eigenvalue weighted by atomic mass is 16.5. The molecule has 156 valence electrons. The molecule has 1 atom stereocenters. The summed E-state index contributed by atoms with van der Waals surface area (Å²) in [5, 5.41) is 4.91. The van der Waals surface area contributed by atoms with E-state index in [0.29, 0.717) is 6.04 Å². The zero-order valence-corrected chi connectivity index (χ0v) is 17.7. The van der Waals surface area contributed by atoms with Crippen molar-refractivity contribution in [2.24, 2.45) is 0 Å². The number of aromatic nitrogens is 2. The Labute approximate surface area is 178 Å². The minimum Gasteiger partial charge on any atom is -0.457 e. The van der Waals surface area contributed by atoms with Gasteiger partial charge in [0, 0.05) is 30.9 Å². The quantitative estimate of drug-likeness (QED) is 0.620. The van der Waals surface area contributed by atoms with E-state index in [1.807, 2.05) is 42.5 Å². The average Bonchev–Trinajstić information content (AvgIpc) is 3.46. The van der Waals surface area contributed by atoms with Crippen LogP contribution < -0.4 is 4.74 Å². The van der Waals surface area contributed by atoms with E-state index in [9.17, 15) is 0 Å². The summed E-state index contributed by atoms with van der Waals surface area (Å²) in [6, 6.07) is 21.4. The molecule has 2 fully saturated rings. The first-order chi connectivity index (χ1) is 14.7. The van der Waals surface area contributed by atoms with Gasteiger partial charge in [0.1, 0.15) is 11.5 Å². The summed E-state index contributed by atoms with van der Waals surface area (Å²) >= 11 is 0. The van der Waals surface area contributed by atoms with Crippen LogP contribution in [0, 0.1) is 0 Å². The number of nitrogens with zero attached hydrogens (tertiary/aromatic N) is 4. The number of likely N-dealkylation sites (tertiary alicyclic amines) is 2. The minimum atomic E-state index is 0.485. The van der Waals surface area contributed by atoms with E-state index in [1.54, 1.807) is 0 Å². The second-order valence-corrected chi connectivity index (χ2v) is 8.59. The third-order valence-electron chi connectivity index (χ3n) is 6.51. The molecule has 0 bridgehead atoms. The first-order valence-electron chi connectivity index (χ1n) is 11.1. The Balaban J connectivity index is 1.21. The summed E-state index contributed by atoms with van der Waals surface area (Å²) < 4.78 is 8.08. The van der Waals surface area contributed by atoms with Gasteiger partial charge in [0.25, 0.3) is 0 Å². The molecular formula is C25H30N4O. The van der Waals surface area contributed by atoms with Crippen LogP contribution in [0.25, 0.3) is 11.3 Å². The molecule has 3 heterocycles. The van der Waals surface area contributed by atoms with Crippen molar-refractivity contribution in [1.29, 1.82) is 0 Å². The van der Waals surface area contributed by atoms with Crippen LogP contribution in [0.1, 0.15) is 25.3 Å². The summed E-state index contributed by atoms with van der Waals surface area (Å²) in [5.74, 6) is 1.69. The fourth-order valence-electron chi connectivity index (χ4n) is 4.69. The third-order valence-corrected chi connectivity index (χ3v) is 6.51. The van der Waals surface area contributed by atoms with Gasteiger partial charge in [0.2, 0.25) is 0 Å². The number of benzene rings is 2. The highest BCUT2D eigenvalue weighted by Gasteiger charge is 2.31. The predicted octanol–water partition coefficient (Wildman–Crippen LogP) is 4.68. The standard InChI is InChI=1S/C25H30N4O/c1-27-15-11-21(12-16-27)28-17-13-22(19-28)29-18-14-25(26-29)20-7-9-24(10-8-20)30-23-5-3-2-4-6-23/h2-10,14,18,21-22H,11-13,15-17,19H2,1H3. The Morgan fingerprint density at radius 3 is 2.27 bits per heavy atom. The van der Waals surface area contributed by atoms with Gasteiger partial charge in [-0.2, -0.15) is 5.10 Å². The van der Waals surface area contributed by atoms with Gasteiger partial charge in [-0.1, -0.05) is 18.2 Å². The molecule has 30 heavy (non-hydrogen) atoms. The van der Waals surface area contributed by atoms with Gasteiger partial charge in [-0.3, -0.25) is 9.58 Å². The topological polar surface area (TPSA) is 33.5 Å². The van der Waals surface area contributed by atoms with E-state index in [-0.39, 0.29) is 0 Å². The number of piperidine rings is 1. The molecule has 5 heteroatoms. The average molecular weight is 403 g/mol. The molecule has 5 nitrogen and oxygen atoms in total. The van der Waals surface area contributed by atoms with Crippen LogP contribution in [-0.2, 0) is 0 Å². The molecule has 3 aromatic rings. The Hall–Kier alpha value is -2.63. The number of rotatable bonds is 5. The van der Waals surface area contributed by atoms with Crippen molar-refractivity contribution in [1.82, 2.24) is 19.6 Å². The lowest BCUT2D eigenvalue weighted by molar-refractivity contribution is 0.139. The molecule has 1 aromatic heterocycles. The summed E-state index contributed by atoms with van der Waals surface area (Å²) in [5.41, 5.74) is 2.15. The van der Waals surface area contributed by atoms with Crippen LogP contribution in [0.2, 0.25) is 0 Å². The van der Waals surface area contributed by atoms with Gasteiger partial charge in [-0.25, -0.2) is 0 Å². The first-order valence-corrected chi connectivity index (χ1v) is 11.1. The van der Waals surface area contributed by atoms with Crippen molar-refractivity contribution < 1.29 is 4.74 Å². The van der Waals surface area contributed by atoms with Crippen molar-refractivity contribution in [3.8, 4) is 22.8 Å². The van der Waals surface area contributed by atoms with E-state index in [4.69, 9.17) is 9.84 Å². The number of hydrogen-bond donors (Lipinski definition) is 0. The fourth-order valence-corrected chi connectivity index (χ4v) is 4.69. The number of ether oxygens (including phenoxy) is 1. The predicted molar refractivity (Wildman–Crippen MR) is 120 cm³/mol. The van der Waals surface area contributed by atoms with Crippen LogP contribution in [0.15, 0.2) is 66.9 Å². The molecule has 0 amide bonds. The zero-order chi connectivity index (χ0) is 20.3. The molecule has 0 radical (unpaired) electrons. The molecule has 0 spiro atoms.